The van der Waals surface area contributed by atoms with Gasteiger partial charge in [-0.1, -0.05) is 119 Å². The largest absolute Gasteiger partial charge is 0.366 e. The minimum absolute atomic E-state index is 0.118. The number of unbranched alkanes of at least 4 members (excludes halogenated alkanes) is 5. The Labute approximate surface area is 482 Å². The maximum absolute atomic E-state index is 5.32. The molecular weight excluding hydrogens is 1090 g/mol. The molecule has 10 aromatic heterocycles. The molecule has 0 aliphatic heterocycles. The van der Waals surface area contributed by atoms with Gasteiger partial charge in [-0.2, -0.15) is 17.5 Å². The van der Waals surface area contributed by atoms with Crippen molar-refractivity contribution in [1.29, 1.82) is 0 Å². The van der Waals surface area contributed by atoms with Gasteiger partial charge in [-0.05, 0) is 91.5 Å². The van der Waals surface area contributed by atoms with Crippen molar-refractivity contribution >= 4 is 142 Å². The minimum Gasteiger partial charge on any atom is -0.366 e. The fourth-order valence-electron chi connectivity index (χ4n) is 11.7. The number of thiophene rings is 6. The Morgan fingerprint density at radius 3 is 1.36 bits per heavy atom. The normalized spacial score (nSPS) is 15.3. The Bertz CT molecular complexity index is 3470. The molecular formula is C60H72N8S8. The van der Waals surface area contributed by atoms with Gasteiger partial charge in [0, 0.05) is 93.9 Å². The van der Waals surface area contributed by atoms with E-state index in [4.69, 9.17) is 27.5 Å². The predicted octanol–water partition coefficient (Wildman–Crippen LogP) is 21.0. The lowest BCUT2D eigenvalue weighted by molar-refractivity contribution is 0.266. The van der Waals surface area contributed by atoms with Crippen molar-refractivity contribution in [2.75, 3.05) is 36.5 Å². The Balaban J connectivity index is 0.995. The monoisotopic (exact) mass is 1160 g/mol. The third kappa shape index (κ3) is 10.4. The number of aromatic nitrogens is 6. The van der Waals surface area contributed by atoms with E-state index in [2.05, 4.69) is 114 Å². The van der Waals surface area contributed by atoms with E-state index in [-0.39, 0.29) is 5.41 Å². The van der Waals surface area contributed by atoms with E-state index in [0.29, 0.717) is 11.8 Å². The van der Waals surface area contributed by atoms with E-state index in [0.717, 1.165) is 81.9 Å². The standard InChI is InChI=1S/C60H72N8S8/c1-9-16-21-36(14-6)32-60(33-37(15-7)22-17-10-2)40-26-42(38-34-61-54(56-52(38)63-75-65-56)48-28-44-46(69-48)30-50(71-44)67(8)23-18-11-3)73-58(40)59-41(60)27-43(74-59)39-35-62-55(57-53(39)64-76-66-57)49-29-45-47(70-49)31-51(72-45)68(24-19-12-4)25-20-13-5/h26-31,34-37H,9-25,32-33H2,1-8H3. The lowest BCUT2D eigenvalue weighted by Crippen LogP contribution is -2.31. The molecule has 2 unspecified atom stereocenters. The van der Waals surface area contributed by atoms with Crippen LogP contribution in [-0.2, 0) is 5.41 Å². The van der Waals surface area contributed by atoms with Gasteiger partial charge in [0.25, 0.3) is 0 Å². The average molecular weight is 1160 g/mol. The number of pyridine rings is 2. The van der Waals surface area contributed by atoms with Gasteiger partial charge < -0.3 is 9.80 Å². The molecule has 76 heavy (non-hydrogen) atoms. The molecule has 0 N–H and O–H groups in total. The second-order valence-electron chi connectivity index (χ2n) is 21.3. The summed E-state index contributed by atoms with van der Waals surface area (Å²) < 4.78 is 25.4. The van der Waals surface area contributed by atoms with Crippen LogP contribution in [0.5, 0.6) is 0 Å². The highest BCUT2D eigenvalue weighted by atomic mass is 32.1. The predicted molar refractivity (Wildman–Crippen MR) is 340 cm³/mol. The van der Waals surface area contributed by atoms with E-state index in [1.54, 1.807) is 0 Å². The molecule has 0 spiro atoms. The van der Waals surface area contributed by atoms with Crippen LogP contribution in [0.3, 0.4) is 0 Å². The molecule has 1 aliphatic carbocycles. The van der Waals surface area contributed by atoms with Gasteiger partial charge in [0.15, 0.2) is 0 Å². The molecule has 0 aromatic carbocycles. The number of nitrogens with zero attached hydrogens (tertiary/aromatic N) is 8. The number of rotatable bonds is 27. The molecule has 2 atom stereocenters. The first-order chi connectivity index (χ1) is 37.2. The molecule has 400 valence electrons. The first-order valence-electron chi connectivity index (χ1n) is 28.3. The van der Waals surface area contributed by atoms with Gasteiger partial charge in [0.1, 0.15) is 33.5 Å². The topological polar surface area (TPSA) is 83.8 Å². The molecule has 10 aromatic rings. The van der Waals surface area contributed by atoms with Gasteiger partial charge in [0.05, 0.1) is 43.2 Å². The second kappa shape index (κ2) is 23.9. The molecule has 1 aliphatic rings. The van der Waals surface area contributed by atoms with Crippen LogP contribution in [0.1, 0.15) is 162 Å². The third-order valence-corrected chi connectivity index (χ3v) is 24.5. The minimum atomic E-state index is -0.118. The van der Waals surface area contributed by atoms with Crippen LogP contribution in [0.25, 0.3) is 92.6 Å². The van der Waals surface area contributed by atoms with Crippen LogP contribution in [-0.4, -0.2) is 54.1 Å². The van der Waals surface area contributed by atoms with Gasteiger partial charge in [-0.3, -0.25) is 9.97 Å². The summed E-state index contributed by atoms with van der Waals surface area (Å²) in [5, 5.41) is 2.72. The second-order valence-corrected chi connectivity index (χ2v) is 28.8. The van der Waals surface area contributed by atoms with Crippen molar-refractivity contribution in [2.24, 2.45) is 11.8 Å². The maximum atomic E-state index is 5.32. The van der Waals surface area contributed by atoms with E-state index >= 15 is 0 Å². The van der Waals surface area contributed by atoms with Gasteiger partial charge in [0.2, 0.25) is 0 Å². The molecule has 0 bridgehead atoms. The van der Waals surface area contributed by atoms with E-state index in [1.807, 2.05) is 68.0 Å². The van der Waals surface area contributed by atoms with Crippen LogP contribution in [0, 0.1) is 11.8 Å². The molecule has 0 amide bonds. The van der Waals surface area contributed by atoms with Crippen LogP contribution < -0.4 is 9.80 Å². The van der Waals surface area contributed by atoms with Crippen LogP contribution >= 0.6 is 91.5 Å². The Morgan fingerprint density at radius 1 is 0.461 bits per heavy atom. The van der Waals surface area contributed by atoms with Gasteiger partial charge in [-0.15, -0.1) is 68.0 Å². The summed E-state index contributed by atoms with van der Waals surface area (Å²) >= 11 is 14.0. The van der Waals surface area contributed by atoms with Crippen molar-refractivity contribution in [3.8, 4) is 51.8 Å². The lowest BCUT2D eigenvalue weighted by atomic mass is 9.65. The fourth-order valence-corrected chi connectivity index (χ4v) is 20.3. The number of hydrogen-bond acceptors (Lipinski definition) is 16. The zero-order valence-electron chi connectivity index (χ0n) is 45.6. The Kier molecular flexibility index (Phi) is 17.1. The Morgan fingerprint density at radius 2 is 0.895 bits per heavy atom. The summed E-state index contributed by atoms with van der Waals surface area (Å²) in [6, 6.07) is 14.6. The van der Waals surface area contributed by atoms with Crippen LogP contribution in [0.2, 0.25) is 0 Å². The molecule has 8 nitrogen and oxygen atoms in total. The summed E-state index contributed by atoms with van der Waals surface area (Å²) in [6.45, 7) is 19.7. The molecule has 0 saturated heterocycles. The zero-order valence-corrected chi connectivity index (χ0v) is 52.1. The highest BCUT2D eigenvalue weighted by Crippen LogP contribution is 2.63. The highest BCUT2D eigenvalue weighted by Gasteiger charge is 2.48. The van der Waals surface area contributed by atoms with Gasteiger partial charge in [-0.25, -0.2) is 0 Å². The van der Waals surface area contributed by atoms with Crippen molar-refractivity contribution < 1.29 is 0 Å². The average Bonchev–Trinajstić information content (AvgIpc) is 4.42. The third-order valence-electron chi connectivity index (χ3n) is 16.1. The first-order valence-corrected chi connectivity index (χ1v) is 34.6. The summed E-state index contributed by atoms with van der Waals surface area (Å²) in [5.74, 6) is 1.25. The van der Waals surface area contributed by atoms with E-state index < -0.39 is 0 Å². The molecule has 0 saturated carbocycles. The van der Waals surface area contributed by atoms with E-state index in [1.165, 1.54) is 178 Å². The van der Waals surface area contributed by atoms with Gasteiger partial charge >= 0.3 is 0 Å². The fraction of sp³-hybridized carbons (Fsp3) is 0.500. The summed E-state index contributed by atoms with van der Waals surface area (Å²) in [6.07, 6.45) is 23.7. The molecule has 11 rings (SSSR count). The Hall–Kier alpha value is -3.74. The maximum Gasteiger partial charge on any atom is 0.132 e. The smallest absolute Gasteiger partial charge is 0.132 e. The number of anilines is 2. The summed E-state index contributed by atoms with van der Waals surface area (Å²) in [5.41, 5.74) is 10.8. The quantitative estimate of drug-likeness (QED) is 0.0504. The van der Waals surface area contributed by atoms with Crippen molar-refractivity contribution in [2.45, 2.75) is 157 Å². The molecule has 0 radical (unpaired) electrons. The van der Waals surface area contributed by atoms with Crippen molar-refractivity contribution in [1.82, 2.24) is 27.5 Å². The number of hydrogen-bond donors (Lipinski definition) is 0. The molecule has 10 heterocycles. The zero-order chi connectivity index (χ0) is 52.5. The highest BCUT2D eigenvalue weighted by molar-refractivity contribution is 7.32. The molecule has 0 fully saturated rings. The SMILES string of the molecule is CCCCC(CC)CC1(CC(CC)CCCC)c2cc(-c3cnc(-c4cc5sc(N(C)CCCC)cc5s4)c4nsnc34)sc2-c2sc(-c3cnc(-c4cc5sc(N(CCCC)CCCC)cc5s4)c4nsnc34)cc21. The van der Waals surface area contributed by atoms with Crippen LogP contribution in [0.4, 0.5) is 10.0 Å². The van der Waals surface area contributed by atoms with Crippen molar-refractivity contribution in [3.63, 3.8) is 0 Å². The lowest BCUT2D eigenvalue weighted by Gasteiger charge is -2.37. The summed E-state index contributed by atoms with van der Waals surface area (Å²) in [7, 11) is 2.22. The van der Waals surface area contributed by atoms with Crippen molar-refractivity contribution in [3.05, 3.63) is 59.9 Å². The first kappa shape index (κ1) is 54.2. The van der Waals surface area contributed by atoms with Crippen LogP contribution in [0.15, 0.2) is 48.8 Å². The number of fused-ring (bicyclic) bond motifs is 7. The molecule has 16 heteroatoms. The van der Waals surface area contributed by atoms with E-state index in [9.17, 15) is 0 Å². The summed E-state index contributed by atoms with van der Waals surface area (Å²) in [4.78, 5) is 23.3.